The van der Waals surface area contributed by atoms with Gasteiger partial charge in [-0.15, -0.1) is 0 Å². The van der Waals surface area contributed by atoms with Crippen LogP contribution in [0.2, 0.25) is 0 Å². The first kappa shape index (κ1) is 14.6. The maximum Gasteiger partial charge on any atom is 0.356 e. The van der Waals surface area contributed by atoms with Gasteiger partial charge in [0.1, 0.15) is 0 Å². The van der Waals surface area contributed by atoms with Gasteiger partial charge in [0.2, 0.25) is 0 Å². The zero-order valence-corrected chi connectivity index (χ0v) is 11.0. The van der Waals surface area contributed by atoms with Crippen molar-refractivity contribution in [3.8, 4) is 5.69 Å². The van der Waals surface area contributed by atoms with Gasteiger partial charge in [-0.3, -0.25) is 14.4 Å². The van der Waals surface area contributed by atoms with E-state index in [-0.39, 0.29) is 10.6 Å². The van der Waals surface area contributed by atoms with E-state index in [0.717, 1.165) is 16.8 Å². The number of hydrogen-bond donors (Lipinski definition) is 4. The Morgan fingerprint density at radius 3 is 2.24 bits per heavy atom. The molecule has 1 heterocycles. The van der Waals surface area contributed by atoms with E-state index in [1.165, 1.54) is 12.1 Å². The molecule has 0 spiro atoms. The fraction of sp³-hybridized carbons (Fsp3) is 0. The number of carboxylic acid groups (broad SMARTS) is 1. The van der Waals surface area contributed by atoms with Crippen LogP contribution >= 0.6 is 0 Å². The summed E-state index contributed by atoms with van der Waals surface area (Å²) in [6.45, 7) is 0. The van der Waals surface area contributed by atoms with Crippen LogP contribution in [0, 0.1) is 5.53 Å². The average Bonchev–Trinajstić information content (AvgIpc) is 2.75. The summed E-state index contributed by atoms with van der Waals surface area (Å²) in [5.41, 5.74) is 4.93. The minimum Gasteiger partial charge on any atom is -0.476 e. The number of hydrogen-bond acceptors (Lipinski definition) is 6. The van der Waals surface area contributed by atoms with Crippen molar-refractivity contribution in [1.29, 1.82) is 5.53 Å². The zero-order valence-electron chi connectivity index (χ0n) is 10.1. The van der Waals surface area contributed by atoms with E-state index in [4.69, 9.17) is 15.2 Å². The Kier molecular flexibility index (Phi) is 3.45. The number of aromatic amines is 1. The highest BCUT2D eigenvalue weighted by molar-refractivity contribution is 7.85. The molecule has 0 saturated carbocycles. The number of rotatable bonds is 4. The maximum absolute atomic E-state index is 11.9. The third-order valence-electron chi connectivity index (χ3n) is 2.58. The summed E-state index contributed by atoms with van der Waals surface area (Å²) < 4.78 is 31.4. The zero-order chi connectivity index (χ0) is 15.8. The summed E-state index contributed by atoms with van der Waals surface area (Å²) in [7, 11) is -4.37. The van der Waals surface area contributed by atoms with Gasteiger partial charge in [0.25, 0.3) is 15.7 Å². The van der Waals surface area contributed by atoms with E-state index in [9.17, 15) is 18.0 Å². The Labute approximate surface area is 116 Å². The number of aromatic nitrogens is 2. The number of nitrogens with zero attached hydrogens (tertiary/aromatic N) is 2. The van der Waals surface area contributed by atoms with Gasteiger partial charge >= 0.3 is 5.97 Å². The lowest BCUT2D eigenvalue weighted by Gasteiger charge is -2.02. The third kappa shape index (κ3) is 2.59. The molecule has 0 aliphatic heterocycles. The average molecular weight is 312 g/mol. The van der Waals surface area contributed by atoms with Gasteiger partial charge in [-0.2, -0.15) is 13.5 Å². The molecule has 0 amide bonds. The monoisotopic (exact) mass is 312 g/mol. The Balaban J connectivity index is 2.60. The first-order valence-electron chi connectivity index (χ1n) is 5.29. The van der Waals surface area contributed by atoms with Crippen LogP contribution in [0.4, 0.5) is 5.69 Å². The van der Waals surface area contributed by atoms with Crippen LogP contribution in [0.1, 0.15) is 10.5 Å². The summed E-state index contributed by atoms with van der Waals surface area (Å²) in [6.07, 6.45) is 0. The first-order chi connectivity index (χ1) is 9.75. The van der Waals surface area contributed by atoms with Crippen LogP contribution in [-0.4, -0.2) is 33.8 Å². The van der Waals surface area contributed by atoms with Crippen molar-refractivity contribution in [3.05, 3.63) is 40.3 Å². The predicted molar refractivity (Wildman–Crippen MR) is 68.0 cm³/mol. The molecule has 4 N–H and O–H groups in total. The summed E-state index contributed by atoms with van der Waals surface area (Å²) in [6, 6.07) is 4.44. The Bertz CT molecular complexity index is 877. The van der Waals surface area contributed by atoms with Gasteiger partial charge in [0.15, 0.2) is 11.4 Å². The van der Waals surface area contributed by atoms with Crippen molar-refractivity contribution >= 4 is 21.8 Å². The van der Waals surface area contributed by atoms with Gasteiger partial charge in [-0.25, -0.2) is 15.0 Å². The van der Waals surface area contributed by atoms with Crippen molar-refractivity contribution in [1.82, 2.24) is 9.78 Å². The summed E-state index contributed by atoms with van der Waals surface area (Å²) in [4.78, 5) is 22.4. The molecule has 1 aromatic heterocycles. The molecule has 11 heteroatoms. The molecule has 2 rings (SSSR count). The van der Waals surface area contributed by atoms with Gasteiger partial charge in [0, 0.05) is 0 Å². The van der Waals surface area contributed by atoms with Crippen molar-refractivity contribution in [2.24, 2.45) is 5.11 Å². The molecule has 0 saturated heterocycles. The lowest BCUT2D eigenvalue weighted by atomic mass is 10.3. The summed E-state index contributed by atoms with van der Waals surface area (Å²) in [5.74, 6) is -1.47. The molecule has 110 valence electrons. The van der Waals surface area contributed by atoms with Crippen molar-refractivity contribution in [3.63, 3.8) is 0 Å². The SMILES string of the molecule is N=Nc1c(C(=O)O)[nH]n(-c2ccc(S(=O)(=O)O)cc2)c1=O. The van der Waals surface area contributed by atoms with Crippen LogP contribution in [0.15, 0.2) is 39.1 Å². The Morgan fingerprint density at radius 2 is 1.86 bits per heavy atom. The van der Waals surface area contributed by atoms with E-state index < -0.39 is 33.0 Å². The number of H-pyrrole nitrogens is 1. The molecule has 0 atom stereocenters. The molecule has 1 aromatic carbocycles. The number of nitrogens with one attached hydrogen (secondary N) is 2. The Hall–Kier alpha value is -2.79. The quantitative estimate of drug-likeness (QED) is 0.480. The lowest BCUT2D eigenvalue weighted by molar-refractivity contribution is 0.0690. The largest absolute Gasteiger partial charge is 0.476 e. The second-order valence-electron chi connectivity index (χ2n) is 3.86. The first-order valence-corrected chi connectivity index (χ1v) is 6.73. The molecule has 0 bridgehead atoms. The molecule has 0 aliphatic rings. The van der Waals surface area contributed by atoms with Crippen LogP contribution < -0.4 is 5.56 Å². The van der Waals surface area contributed by atoms with Crippen LogP contribution in [0.3, 0.4) is 0 Å². The highest BCUT2D eigenvalue weighted by atomic mass is 32.2. The number of carbonyl (C=O) groups is 1. The van der Waals surface area contributed by atoms with Gasteiger partial charge < -0.3 is 5.11 Å². The van der Waals surface area contributed by atoms with E-state index >= 15 is 0 Å². The summed E-state index contributed by atoms with van der Waals surface area (Å²) >= 11 is 0. The van der Waals surface area contributed by atoms with Gasteiger partial charge in [0.05, 0.1) is 10.6 Å². The second kappa shape index (κ2) is 4.96. The summed E-state index contributed by atoms with van der Waals surface area (Å²) in [5, 5.41) is 14.0. The molecular weight excluding hydrogens is 304 g/mol. The van der Waals surface area contributed by atoms with Crippen LogP contribution in [-0.2, 0) is 10.1 Å². The van der Waals surface area contributed by atoms with Crippen molar-refractivity contribution in [2.75, 3.05) is 0 Å². The molecule has 2 aromatic rings. The van der Waals surface area contributed by atoms with Crippen LogP contribution in [0.5, 0.6) is 0 Å². The van der Waals surface area contributed by atoms with E-state index in [0.29, 0.717) is 0 Å². The van der Waals surface area contributed by atoms with E-state index in [1.807, 2.05) is 0 Å². The lowest BCUT2D eigenvalue weighted by Crippen LogP contribution is -2.14. The van der Waals surface area contributed by atoms with Crippen molar-refractivity contribution in [2.45, 2.75) is 4.90 Å². The highest BCUT2D eigenvalue weighted by Crippen LogP contribution is 2.16. The number of benzene rings is 1. The predicted octanol–water partition coefficient (Wildman–Crippen LogP) is 0.773. The van der Waals surface area contributed by atoms with Crippen molar-refractivity contribution < 1.29 is 22.9 Å². The normalized spacial score (nSPS) is 11.3. The third-order valence-corrected chi connectivity index (χ3v) is 3.45. The minimum absolute atomic E-state index is 0.116. The highest BCUT2D eigenvalue weighted by Gasteiger charge is 2.20. The van der Waals surface area contributed by atoms with Gasteiger partial charge in [-0.1, -0.05) is 0 Å². The second-order valence-corrected chi connectivity index (χ2v) is 5.28. The topological polar surface area (TPSA) is 166 Å². The van der Waals surface area contributed by atoms with Gasteiger partial charge in [-0.05, 0) is 24.3 Å². The smallest absolute Gasteiger partial charge is 0.356 e. The molecule has 21 heavy (non-hydrogen) atoms. The maximum atomic E-state index is 11.9. The fourth-order valence-corrected chi connectivity index (χ4v) is 2.11. The fourth-order valence-electron chi connectivity index (χ4n) is 1.63. The molecule has 0 radical (unpaired) electrons. The molecular formula is C10H8N4O6S. The van der Waals surface area contributed by atoms with E-state index in [2.05, 4.69) is 10.2 Å². The molecule has 0 fully saturated rings. The number of aromatic carboxylic acids is 1. The number of carboxylic acids is 1. The molecule has 0 unspecified atom stereocenters. The Morgan fingerprint density at radius 1 is 1.29 bits per heavy atom. The molecule has 10 nitrogen and oxygen atoms in total. The minimum atomic E-state index is -4.37. The van der Waals surface area contributed by atoms with Crippen LogP contribution in [0.25, 0.3) is 5.69 Å². The molecule has 0 aliphatic carbocycles. The standard InChI is InChI=1S/C10H8N4O6S/c11-12-7-8(10(16)17)13-14(9(7)15)5-1-3-6(4-2-5)21(18,19)20/h1-4,11,13H,(H,16,17)(H,18,19,20). The van der Waals surface area contributed by atoms with E-state index in [1.54, 1.807) is 0 Å².